The lowest BCUT2D eigenvalue weighted by Crippen LogP contribution is -2.24. The Labute approximate surface area is 215 Å². The summed E-state index contributed by atoms with van der Waals surface area (Å²) in [4.78, 5) is 24.3. The summed E-state index contributed by atoms with van der Waals surface area (Å²) < 4.78 is 16.0. The molecule has 0 atom stereocenters. The second-order valence-electron chi connectivity index (χ2n) is 6.59. The molecule has 1 N–H and O–H groups in total. The molecule has 1 amide bonds. The van der Waals surface area contributed by atoms with Crippen LogP contribution in [0.4, 0.5) is 0 Å². The van der Waals surface area contributed by atoms with Gasteiger partial charge in [0, 0.05) is 5.02 Å². The van der Waals surface area contributed by atoms with E-state index in [1.807, 2.05) is 0 Å². The fourth-order valence-electron chi connectivity index (χ4n) is 2.58. The number of nitrogens with zero attached hydrogens (tertiary/aromatic N) is 1. The third-order valence-electron chi connectivity index (χ3n) is 4.20. The summed E-state index contributed by atoms with van der Waals surface area (Å²) in [6, 6.07) is 13.8. The van der Waals surface area contributed by atoms with Crippen molar-refractivity contribution in [3.05, 3.63) is 85.8 Å². The van der Waals surface area contributed by atoms with E-state index in [4.69, 9.17) is 60.6 Å². The van der Waals surface area contributed by atoms with E-state index in [-0.39, 0.29) is 33.7 Å². The first-order chi connectivity index (χ1) is 16.3. The van der Waals surface area contributed by atoms with Crippen molar-refractivity contribution in [1.82, 2.24) is 5.43 Å². The van der Waals surface area contributed by atoms with Crippen LogP contribution in [0.15, 0.2) is 59.7 Å². The molecule has 0 aliphatic heterocycles. The quantitative estimate of drug-likeness (QED) is 0.162. The van der Waals surface area contributed by atoms with Crippen molar-refractivity contribution in [3.8, 4) is 17.2 Å². The maximum atomic E-state index is 12.4. The van der Waals surface area contributed by atoms with Crippen LogP contribution in [-0.2, 0) is 4.79 Å². The molecule has 0 fully saturated rings. The Balaban J connectivity index is 1.58. The third-order valence-corrected chi connectivity index (χ3v) is 5.47. The highest BCUT2D eigenvalue weighted by Gasteiger charge is 2.14. The SMILES string of the molecule is COc1cc(/C=N/NC(=O)COc2ccc(Cl)cc2Cl)ccc1OC(=O)c1ccc(Cl)c(Cl)c1. The first kappa shape index (κ1) is 25.6. The molecule has 0 heterocycles. The highest BCUT2D eigenvalue weighted by Crippen LogP contribution is 2.30. The molecular formula is C23H16Cl4N2O5. The number of nitrogens with one attached hydrogen (secondary N) is 1. The first-order valence-corrected chi connectivity index (χ1v) is 11.0. The third kappa shape index (κ3) is 7.01. The van der Waals surface area contributed by atoms with Crippen molar-refractivity contribution in [2.24, 2.45) is 5.10 Å². The van der Waals surface area contributed by atoms with E-state index < -0.39 is 11.9 Å². The summed E-state index contributed by atoms with van der Waals surface area (Å²) in [6.45, 7) is -0.300. The fourth-order valence-corrected chi connectivity index (χ4v) is 3.34. The molecule has 0 aliphatic rings. The zero-order valence-corrected chi connectivity index (χ0v) is 20.5. The summed E-state index contributed by atoms with van der Waals surface area (Å²) in [5.74, 6) is -0.342. The number of benzene rings is 3. The van der Waals surface area contributed by atoms with Crippen molar-refractivity contribution < 1.29 is 23.8 Å². The van der Waals surface area contributed by atoms with E-state index in [1.54, 1.807) is 24.3 Å². The molecule has 176 valence electrons. The van der Waals surface area contributed by atoms with Gasteiger partial charge in [-0.15, -0.1) is 0 Å². The summed E-state index contributed by atoms with van der Waals surface area (Å²) in [6.07, 6.45) is 1.39. The smallest absolute Gasteiger partial charge is 0.343 e. The summed E-state index contributed by atoms with van der Waals surface area (Å²) >= 11 is 23.6. The van der Waals surface area contributed by atoms with Gasteiger partial charge in [0.2, 0.25) is 0 Å². The minimum absolute atomic E-state index is 0.188. The standard InChI is InChI=1S/C23H16Cl4N2O5/c1-32-21-8-13(2-6-20(21)34-23(31)14-3-5-16(25)17(26)9-14)11-28-29-22(30)12-33-19-7-4-15(24)10-18(19)27/h2-11H,12H2,1H3,(H,29,30)/b28-11+. The normalized spacial score (nSPS) is 10.7. The Morgan fingerprint density at radius 3 is 2.35 bits per heavy atom. The summed E-state index contributed by atoms with van der Waals surface area (Å²) in [5.41, 5.74) is 3.14. The van der Waals surface area contributed by atoms with E-state index >= 15 is 0 Å². The topological polar surface area (TPSA) is 86.2 Å². The van der Waals surface area contributed by atoms with E-state index in [0.717, 1.165) is 0 Å². The second-order valence-corrected chi connectivity index (χ2v) is 8.24. The van der Waals surface area contributed by atoms with Gasteiger partial charge in [-0.1, -0.05) is 46.4 Å². The maximum absolute atomic E-state index is 12.4. The molecule has 0 saturated heterocycles. The lowest BCUT2D eigenvalue weighted by Gasteiger charge is -2.10. The van der Waals surface area contributed by atoms with E-state index in [1.165, 1.54) is 43.7 Å². The van der Waals surface area contributed by atoms with Crippen LogP contribution in [0.1, 0.15) is 15.9 Å². The van der Waals surface area contributed by atoms with Crippen molar-refractivity contribution in [3.63, 3.8) is 0 Å². The van der Waals surface area contributed by atoms with Gasteiger partial charge in [0.15, 0.2) is 18.1 Å². The summed E-state index contributed by atoms with van der Waals surface area (Å²) in [7, 11) is 1.42. The molecule has 3 aromatic rings. The van der Waals surface area contributed by atoms with Gasteiger partial charge in [-0.3, -0.25) is 4.79 Å². The van der Waals surface area contributed by atoms with Gasteiger partial charge in [0.25, 0.3) is 5.91 Å². The van der Waals surface area contributed by atoms with Crippen LogP contribution in [0.3, 0.4) is 0 Å². The lowest BCUT2D eigenvalue weighted by atomic mass is 10.2. The van der Waals surface area contributed by atoms with Crippen molar-refractivity contribution in [1.29, 1.82) is 0 Å². The van der Waals surface area contributed by atoms with Crippen LogP contribution in [0.5, 0.6) is 17.2 Å². The highest BCUT2D eigenvalue weighted by atomic mass is 35.5. The zero-order chi connectivity index (χ0) is 24.7. The Morgan fingerprint density at radius 2 is 1.65 bits per heavy atom. The largest absolute Gasteiger partial charge is 0.493 e. The van der Waals surface area contributed by atoms with Gasteiger partial charge >= 0.3 is 5.97 Å². The fraction of sp³-hybridized carbons (Fsp3) is 0.0870. The Bertz CT molecular complexity index is 1250. The van der Waals surface area contributed by atoms with Gasteiger partial charge < -0.3 is 14.2 Å². The molecular weight excluding hydrogens is 526 g/mol. The van der Waals surface area contributed by atoms with Gasteiger partial charge in [0.1, 0.15) is 5.75 Å². The zero-order valence-electron chi connectivity index (χ0n) is 17.5. The summed E-state index contributed by atoms with van der Waals surface area (Å²) in [5, 5.41) is 5.18. The van der Waals surface area contributed by atoms with E-state index in [0.29, 0.717) is 21.4 Å². The molecule has 0 spiro atoms. The number of methoxy groups -OCH3 is 1. The number of carbonyl (C=O) groups excluding carboxylic acids is 2. The van der Waals surface area contributed by atoms with Crippen LogP contribution in [0, 0.1) is 0 Å². The Kier molecular flexibility index (Phi) is 9.01. The molecule has 0 unspecified atom stereocenters. The predicted octanol–water partition coefficient (Wildman–Crippen LogP) is 6.06. The molecule has 0 radical (unpaired) electrons. The van der Waals surface area contributed by atoms with Gasteiger partial charge in [-0.25, -0.2) is 10.2 Å². The lowest BCUT2D eigenvalue weighted by molar-refractivity contribution is -0.123. The van der Waals surface area contributed by atoms with Gasteiger partial charge in [-0.2, -0.15) is 5.10 Å². The van der Waals surface area contributed by atoms with E-state index in [9.17, 15) is 9.59 Å². The number of rotatable bonds is 8. The van der Waals surface area contributed by atoms with Crippen LogP contribution in [0.25, 0.3) is 0 Å². The van der Waals surface area contributed by atoms with Crippen LogP contribution >= 0.6 is 46.4 Å². The monoisotopic (exact) mass is 540 g/mol. The van der Waals surface area contributed by atoms with E-state index in [2.05, 4.69) is 10.5 Å². The number of ether oxygens (including phenoxy) is 3. The Hall–Kier alpha value is -2.97. The molecule has 0 aliphatic carbocycles. The first-order valence-electron chi connectivity index (χ1n) is 9.52. The minimum Gasteiger partial charge on any atom is -0.493 e. The van der Waals surface area contributed by atoms with Crippen molar-refractivity contribution in [2.45, 2.75) is 0 Å². The number of esters is 1. The predicted molar refractivity (Wildman–Crippen MR) is 132 cm³/mol. The minimum atomic E-state index is -0.633. The van der Waals surface area contributed by atoms with Crippen molar-refractivity contribution in [2.75, 3.05) is 13.7 Å². The average Bonchev–Trinajstić information content (AvgIpc) is 2.81. The molecule has 3 aromatic carbocycles. The second kappa shape index (κ2) is 11.9. The number of hydrogen-bond donors (Lipinski definition) is 1. The maximum Gasteiger partial charge on any atom is 0.343 e. The molecule has 0 aromatic heterocycles. The molecule has 11 heteroatoms. The molecule has 34 heavy (non-hydrogen) atoms. The van der Waals surface area contributed by atoms with Gasteiger partial charge in [0.05, 0.1) is 34.0 Å². The van der Waals surface area contributed by atoms with Crippen LogP contribution in [0.2, 0.25) is 20.1 Å². The molecule has 0 bridgehead atoms. The van der Waals surface area contributed by atoms with Gasteiger partial charge in [-0.05, 0) is 60.2 Å². The van der Waals surface area contributed by atoms with Crippen LogP contribution < -0.4 is 19.6 Å². The number of hydrogen-bond acceptors (Lipinski definition) is 6. The molecule has 7 nitrogen and oxygen atoms in total. The molecule has 0 saturated carbocycles. The average molecular weight is 542 g/mol. The number of hydrazone groups is 1. The highest BCUT2D eigenvalue weighted by molar-refractivity contribution is 6.42. The Morgan fingerprint density at radius 1 is 0.882 bits per heavy atom. The number of halogens is 4. The van der Waals surface area contributed by atoms with Crippen molar-refractivity contribution >= 4 is 64.5 Å². The molecule has 3 rings (SSSR count). The van der Waals surface area contributed by atoms with Crippen LogP contribution in [-0.4, -0.2) is 31.8 Å². The number of carbonyl (C=O) groups is 2. The number of amides is 1.